The standard InChI is InChI=1S/C19H12Cl2O5/c1-10-8-16(23)18(19(24)25-10)15(22)6-3-12-4-7-17(26-12)13-9-11(20)2-5-14(13)21/h2-9,18H,1H3/b6-3+. The number of rotatable bonds is 4. The average Bonchev–Trinajstić information content (AvgIpc) is 3.03. The molecule has 5 nitrogen and oxygen atoms in total. The summed E-state index contributed by atoms with van der Waals surface area (Å²) in [5, 5.41) is 0.971. The van der Waals surface area contributed by atoms with E-state index in [1.54, 1.807) is 30.3 Å². The van der Waals surface area contributed by atoms with Crippen molar-refractivity contribution in [1.29, 1.82) is 0 Å². The number of benzene rings is 1. The zero-order valence-corrected chi connectivity index (χ0v) is 15.0. The molecule has 7 heteroatoms. The maximum absolute atomic E-state index is 12.2. The third-order valence-corrected chi connectivity index (χ3v) is 4.21. The van der Waals surface area contributed by atoms with Gasteiger partial charge in [0.15, 0.2) is 17.5 Å². The number of esters is 1. The summed E-state index contributed by atoms with van der Waals surface area (Å²) in [7, 11) is 0. The molecule has 0 spiro atoms. The number of halogens is 2. The van der Waals surface area contributed by atoms with Crippen LogP contribution in [0, 0.1) is 5.92 Å². The van der Waals surface area contributed by atoms with Gasteiger partial charge in [0, 0.05) is 16.7 Å². The predicted octanol–water partition coefficient (Wildman–Crippen LogP) is 4.48. The smallest absolute Gasteiger partial charge is 0.329 e. The van der Waals surface area contributed by atoms with Gasteiger partial charge in [0.2, 0.25) is 0 Å². The first-order chi connectivity index (χ1) is 12.3. The van der Waals surface area contributed by atoms with Gasteiger partial charge >= 0.3 is 5.97 Å². The van der Waals surface area contributed by atoms with Gasteiger partial charge in [-0.05, 0) is 49.4 Å². The van der Waals surface area contributed by atoms with Gasteiger partial charge in [0.1, 0.15) is 17.3 Å². The zero-order chi connectivity index (χ0) is 18.8. The van der Waals surface area contributed by atoms with Crippen molar-refractivity contribution in [2.24, 2.45) is 5.92 Å². The van der Waals surface area contributed by atoms with E-state index in [0.29, 0.717) is 27.1 Å². The van der Waals surface area contributed by atoms with E-state index in [2.05, 4.69) is 0 Å². The van der Waals surface area contributed by atoms with E-state index in [1.807, 2.05) is 0 Å². The normalized spacial score (nSPS) is 17.3. The van der Waals surface area contributed by atoms with Crippen molar-refractivity contribution in [1.82, 2.24) is 0 Å². The summed E-state index contributed by atoms with van der Waals surface area (Å²) < 4.78 is 10.4. The molecule has 1 aromatic heterocycles. The first-order valence-electron chi connectivity index (χ1n) is 7.56. The maximum Gasteiger partial charge on any atom is 0.329 e. The molecule has 0 fully saturated rings. The van der Waals surface area contributed by atoms with Crippen molar-refractivity contribution in [2.45, 2.75) is 6.92 Å². The topological polar surface area (TPSA) is 73.6 Å². The highest BCUT2D eigenvalue weighted by atomic mass is 35.5. The van der Waals surface area contributed by atoms with Gasteiger partial charge in [-0.3, -0.25) is 14.4 Å². The minimum absolute atomic E-state index is 0.169. The molecule has 0 bridgehead atoms. The SMILES string of the molecule is CC1=CC(=O)C(C(=O)/C=C/c2ccc(-c3cc(Cl)ccc3Cl)o2)C(=O)O1. The molecular weight excluding hydrogens is 379 g/mol. The first-order valence-corrected chi connectivity index (χ1v) is 8.32. The number of hydrogen-bond donors (Lipinski definition) is 0. The van der Waals surface area contributed by atoms with Gasteiger partial charge in [-0.25, -0.2) is 0 Å². The molecule has 3 rings (SSSR count). The largest absolute Gasteiger partial charge is 0.457 e. The number of hydrogen-bond acceptors (Lipinski definition) is 5. The van der Waals surface area contributed by atoms with Crippen LogP contribution in [0.5, 0.6) is 0 Å². The lowest BCUT2D eigenvalue weighted by Crippen LogP contribution is -2.34. The third kappa shape index (κ3) is 3.79. The molecule has 1 unspecified atom stereocenters. The zero-order valence-electron chi connectivity index (χ0n) is 13.5. The predicted molar refractivity (Wildman–Crippen MR) is 96.6 cm³/mol. The second-order valence-corrected chi connectivity index (χ2v) is 6.42. The molecule has 132 valence electrons. The van der Waals surface area contributed by atoms with Crippen molar-refractivity contribution in [2.75, 3.05) is 0 Å². The van der Waals surface area contributed by atoms with Crippen LogP contribution >= 0.6 is 23.2 Å². The molecule has 0 saturated heterocycles. The molecule has 0 aliphatic carbocycles. The van der Waals surface area contributed by atoms with Gasteiger partial charge in [0.05, 0.1) is 5.02 Å². The van der Waals surface area contributed by atoms with Crippen LogP contribution < -0.4 is 0 Å². The monoisotopic (exact) mass is 390 g/mol. The summed E-state index contributed by atoms with van der Waals surface area (Å²) >= 11 is 12.1. The number of allylic oxidation sites excluding steroid dienone is 3. The van der Waals surface area contributed by atoms with E-state index in [1.165, 1.54) is 13.0 Å². The van der Waals surface area contributed by atoms with E-state index >= 15 is 0 Å². The summed E-state index contributed by atoms with van der Waals surface area (Å²) in [5.41, 5.74) is 0.608. The molecule has 0 N–H and O–H groups in total. The number of carbonyl (C=O) groups is 3. The number of ketones is 2. The summed E-state index contributed by atoms with van der Waals surface area (Å²) in [6, 6.07) is 8.27. The molecule has 1 atom stereocenters. The number of cyclic esters (lactones) is 1. The molecule has 1 aromatic carbocycles. The lowest BCUT2D eigenvalue weighted by molar-refractivity contribution is -0.151. The van der Waals surface area contributed by atoms with Gasteiger partial charge in [-0.2, -0.15) is 0 Å². The number of ether oxygens (including phenoxy) is 1. The van der Waals surface area contributed by atoms with Gasteiger partial charge in [-0.1, -0.05) is 23.2 Å². The third-order valence-electron chi connectivity index (χ3n) is 3.64. The fourth-order valence-electron chi connectivity index (χ4n) is 2.44. The van der Waals surface area contributed by atoms with Gasteiger partial charge in [0.25, 0.3) is 0 Å². The van der Waals surface area contributed by atoms with Crippen LogP contribution in [0.2, 0.25) is 10.0 Å². The molecule has 0 amide bonds. The maximum atomic E-state index is 12.2. The van der Waals surface area contributed by atoms with E-state index in [9.17, 15) is 14.4 Å². The Morgan fingerprint density at radius 3 is 2.65 bits per heavy atom. The summed E-state index contributed by atoms with van der Waals surface area (Å²) in [6.07, 6.45) is 3.61. The Labute approximate surface area is 158 Å². The van der Waals surface area contributed by atoms with E-state index in [4.69, 9.17) is 32.4 Å². The summed E-state index contributed by atoms with van der Waals surface area (Å²) in [5.74, 6) is -2.64. The quantitative estimate of drug-likeness (QED) is 0.437. The van der Waals surface area contributed by atoms with E-state index < -0.39 is 23.5 Å². The lowest BCUT2D eigenvalue weighted by atomic mass is 9.96. The molecule has 2 aromatic rings. The van der Waals surface area contributed by atoms with Crippen LogP contribution in [0.4, 0.5) is 0 Å². The second kappa shape index (κ2) is 7.32. The van der Waals surface area contributed by atoms with Crippen LogP contribution in [0.3, 0.4) is 0 Å². The van der Waals surface area contributed by atoms with Crippen molar-refractivity contribution in [3.8, 4) is 11.3 Å². The molecule has 1 aliphatic heterocycles. The highest BCUT2D eigenvalue weighted by Gasteiger charge is 2.36. The molecule has 26 heavy (non-hydrogen) atoms. The van der Waals surface area contributed by atoms with E-state index in [-0.39, 0.29) is 5.76 Å². The van der Waals surface area contributed by atoms with Crippen LogP contribution in [0.1, 0.15) is 12.7 Å². The lowest BCUT2D eigenvalue weighted by Gasteiger charge is -2.15. The molecular formula is C19H12Cl2O5. The van der Waals surface area contributed by atoms with Crippen LogP contribution in [-0.2, 0) is 19.1 Å². The summed E-state index contributed by atoms with van der Waals surface area (Å²) in [4.78, 5) is 35.7. The number of carbonyl (C=O) groups excluding carboxylic acids is 3. The Bertz CT molecular complexity index is 968. The van der Waals surface area contributed by atoms with Crippen molar-refractivity contribution >= 4 is 46.8 Å². The Hall–Kier alpha value is -2.63. The molecule has 2 heterocycles. The fourth-order valence-corrected chi connectivity index (χ4v) is 2.82. The number of furan rings is 1. The summed E-state index contributed by atoms with van der Waals surface area (Å²) in [6.45, 7) is 1.47. The van der Waals surface area contributed by atoms with Gasteiger partial charge < -0.3 is 9.15 Å². The van der Waals surface area contributed by atoms with E-state index in [0.717, 1.165) is 12.2 Å². The second-order valence-electron chi connectivity index (χ2n) is 5.57. The van der Waals surface area contributed by atoms with Crippen molar-refractivity contribution in [3.05, 3.63) is 64.0 Å². The Morgan fingerprint density at radius 2 is 1.92 bits per heavy atom. The first kappa shape index (κ1) is 18.2. The molecule has 0 radical (unpaired) electrons. The average molecular weight is 391 g/mol. The highest BCUT2D eigenvalue weighted by molar-refractivity contribution is 6.35. The Morgan fingerprint density at radius 1 is 1.15 bits per heavy atom. The highest BCUT2D eigenvalue weighted by Crippen LogP contribution is 2.32. The fraction of sp³-hybridized carbons (Fsp3) is 0.105. The van der Waals surface area contributed by atoms with Crippen molar-refractivity contribution < 1.29 is 23.5 Å². The van der Waals surface area contributed by atoms with Crippen LogP contribution in [0.15, 0.2) is 52.7 Å². The van der Waals surface area contributed by atoms with Crippen molar-refractivity contribution in [3.63, 3.8) is 0 Å². The molecule has 0 saturated carbocycles. The minimum atomic E-state index is -1.48. The Balaban J connectivity index is 1.79. The minimum Gasteiger partial charge on any atom is -0.457 e. The van der Waals surface area contributed by atoms with Crippen LogP contribution in [0.25, 0.3) is 17.4 Å². The Kier molecular flexibility index (Phi) is 5.11. The van der Waals surface area contributed by atoms with Gasteiger partial charge in [-0.15, -0.1) is 0 Å². The molecule has 1 aliphatic rings. The van der Waals surface area contributed by atoms with Crippen LogP contribution in [-0.4, -0.2) is 17.5 Å².